The Kier molecular flexibility index (Phi) is 5.49. The minimum absolute atomic E-state index is 0.00158. The summed E-state index contributed by atoms with van der Waals surface area (Å²) in [5, 5.41) is 0. The highest BCUT2D eigenvalue weighted by Crippen LogP contribution is 2.24. The van der Waals surface area contributed by atoms with E-state index >= 15 is 0 Å². The van der Waals surface area contributed by atoms with Gasteiger partial charge in [-0.25, -0.2) is 4.79 Å². The molecule has 0 aliphatic rings. The van der Waals surface area contributed by atoms with Crippen molar-refractivity contribution in [3.05, 3.63) is 22.6 Å². The molecule has 6 nitrogen and oxygen atoms in total. The van der Waals surface area contributed by atoms with Gasteiger partial charge in [-0.15, -0.1) is 0 Å². The molecule has 0 fully saturated rings. The van der Waals surface area contributed by atoms with Gasteiger partial charge in [0.05, 0.1) is 18.8 Å². The van der Waals surface area contributed by atoms with E-state index in [0.29, 0.717) is 16.9 Å². The van der Waals surface area contributed by atoms with Crippen LogP contribution in [0.4, 0.5) is 0 Å². The van der Waals surface area contributed by atoms with Crippen molar-refractivity contribution < 1.29 is 28.3 Å². The Morgan fingerprint density at radius 2 is 1.80 bits per heavy atom. The van der Waals surface area contributed by atoms with E-state index in [-0.39, 0.29) is 31.2 Å². The molecule has 1 rings (SSSR count). The van der Waals surface area contributed by atoms with Crippen molar-refractivity contribution in [1.82, 2.24) is 0 Å². The molecule has 0 spiro atoms. The molecule has 0 bridgehead atoms. The maximum atomic E-state index is 11.8. The minimum atomic E-state index is -0.624. The van der Waals surface area contributed by atoms with E-state index in [1.54, 1.807) is 13.8 Å². The fraction of sp³-hybridized carbons (Fsp3) is 0.500. The Morgan fingerprint density at radius 1 is 1.15 bits per heavy atom. The highest BCUT2D eigenvalue weighted by molar-refractivity contribution is 6.00. The Hall–Kier alpha value is -2.11. The van der Waals surface area contributed by atoms with E-state index in [1.807, 2.05) is 0 Å². The van der Waals surface area contributed by atoms with Crippen LogP contribution >= 0.6 is 0 Å². The van der Waals surface area contributed by atoms with E-state index in [0.717, 1.165) is 0 Å². The molecule has 0 N–H and O–H groups in total. The second-order valence-corrected chi connectivity index (χ2v) is 4.21. The summed E-state index contributed by atoms with van der Waals surface area (Å²) in [6, 6.07) is 0. The van der Waals surface area contributed by atoms with Crippen molar-refractivity contribution >= 4 is 17.7 Å². The van der Waals surface area contributed by atoms with Crippen molar-refractivity contribution in [2.24, 2.45) is 0 Å². The van der Waals surface area contributed by atoms with Crippen LogP contribution in [0.5, 0.6) is 0 Å². The van der Waals surface area contributed by atoms with Gasteiger partial charge in [-0.1, -0.05) is 0 Å². The third-order valence-corrected chi connectivity index (χ3v) is 2.65. The second kappa shape index (κ2) is 6.88. The Labute approximate surface area is 117 Å². The molecule has 1 aromatic rings. The molecule has 0 unspecified atom stereocenters. The summed E-state index contributed by atoms with van der Waals surface area (Å²) in [7, 11) is 0. The second-order valence-electron chi connectivity index (χ2n) is 4.21. The molecule has 0 radical (unpaired) electrons. The van der Waals surface area contributed by atoms with Crippen LogP contribution in [-0.2, 0) is 20.7 Å². The quantitative estimate of drug-likeness (QED) is 0.586. The normalized spacial score (nSPS) is 10.2. The lowest BCUT2D eigenvalue weighted by Crippen LogP contribution is -2.11. The zero-order chi connectivity index (χ0) is 15.3. The topological polar surface area (TPSA) is 82.8 Å². The van der Waals surface area contributed by atoms with Gasteiger partial charge in [0.1, 0.15) is 5.76 Å². The monoisotopic (exact) mass is 282 g/mol. The van der Waals surface area contributed by atoms with Crippen LogP contribution < -0.4 is 0 Å². The van der Waals surface area contributed by atoms with Crippen molar-refractivity contribution in [2.45, 2.75) is 34.1 Å². The third kappa shape index (κ3) is 3.69. The fourth-order valence-corrected chi connectivity index (χ4v) is 1.95. The predicted molar refractivity (Wildman–Crippen MR) is 69.7 cm³/mol. The number of hydrogen-bond acceptors (Lipinski definition) is 6. The Bertz CT molecular complexity index is 526. The number of esters is 2. The van der Waals surface area contributed by atoms with Crippen LogP contribution in [0, 0.1) is 6.92 Å². The average Bonchev–Trinajstić information content (AvgIpc) is 2.66. The summed E-state index contributed by atoms with van der Waals surface area (Å²) in [5.74, 6) is -0.895. The first-order valence-electron chi connectivity index (χ1n) is 6.32. The van der Waals surface area contributed by atoms with Crippen molar-refractivity contribution in [3.63, 3.8) is 0 Å². The molecule has 0 aromatic carbocycles. The van der Waals surface area contributed by atoms with Gasteiger partial charge < -0.3 is 13.9 Å². The summed E-state index contributed by atoms with van der Waals surface area (Å²) >= 11 is 0. The van der Waals surface area contributed by atoms with Crippen LogP contribution in [0.15, 0.2) is 4.42 Å². The zero-order valence-electron chi connectivity index (χ0n) is 12.1. The molecule has 0 amide bonds. The standard InChI is InChI=1S/C14H18O6/c1-5-18-14(17)13-11(6-7-19-10(4)16)12(8(2)15)9(3)20-13/h5-7H2,1-4H3. The van der Waals surface area contributed by atoms with E-state index in [2.05, 4.69) is 0 Å². The molecule has 0 atom stereocenters. The minimum Gasteiger partial charge on any atom is -0.466 e. The summed E-state index contributed by atoms with van der Waals surface area (Å²) in [5.41, 5.74) is 0.773. The molecule has 0 aliphatic heterocycles. The fourth-order valence-electron chi connectivity index (χ4n) is 1.95. The number of Topliss-reactive ketones (excluding diaryl/α,β-unsaturated/α-hetero) is 1. The summed E-state index contributed by atoms with van der Waals surface area (Å²) in [4.78, 5) is 34.2. The molecule has 1 heterocycles. The number of ketones is 1. The number of carbonyl (C=O) groups is 3. The number of hydrogen-bond donors (Lipinski definition) is 0. The molecule has 0 aliphatic carbocycles. The lowest BCUT2D eigenvalue weighted by atomic mass is 10.0. The van der Waals surface area contributed by atoms with Crippen LogP contribution in [0.1, 0.15) is 53.0 Å². The summed E-state index contributed by atoms with van der Waals surface area (Å²) in [6.45, 7) is 6.24. The lowest BCUT2D eigenvalue weighted by Gasteiger charge is -2.05. The van der Waals surface area contributed by atoms with Crippen LogP contribution in [0.3, 0.4) is 0 Å². The molecule has 0 saturated carbocycles. The molecular weight excluding hydrogens is 264 g/mol. The van der Waals surface area contributed by atoms with E-state index < -0.39 is 11.9 Å². The third-order valence-electron chi connectivity index (χ3n) is 2.65. The average molecular weight is 282 g/mol. The maximum Gasteiger partial charge on any atom is 0.374 e. The van der Waals surface area contributed by atoms with E-state index in [9.17, 15) is 14.4 Å². The molecule has 6 heteroatoms. The van der Waals surface area contributed by atoms with Gasteiger partial charge in [0, 0.05) is 18.9 Å². The van der Waals surface area contributed by atoms with Crippen LogP contribution in [0.2, 0.25) is 0 Å². The maximum absolute atomic E-state index is 11.8. The molecule has 0 saturated heterocycles. The van der Waals surface area contributed by atoms with Crippen LogP contribution in [-0.4, -0.2) is 30.9 Å². The molecule has 1 aromatic heterocycles. The highest BCUT2D eigenvalue weighted by atomic mass is 16.5. The largest absolute Gasteiger partial charge is 0.466 e. The van der Waals surface area contributed by atoms with Crippen LogP contribution in [0.25, 0.3) is 0 Å². The van der Waals surface area contributed by atoms with Gasteiger partial charge in [0.2, 0.25) is 5.76 Å². The van der Waals surface area contributed by atoms with Crippen molar-refractivity contribution in [2.75, 3.05) is 13.2 Å². The zero-order valence-corrected chi connectivity index (χ0v) is 12.1. The van der Waals surface area contributed by atoms with Gasteiger partial charge in [-0.05, 0) is 20.8 Å². The Morgan fingerprint density at radius 3 is 2.30 bits per heavy atom. The van der Waals surface area contributed by atoms with Gasteiger partial charge in [0.25, 0.3) is 0 Å². The highest BCUT2D eigenvalue weighted by Gasteiger charge is 2.26. The Balaban J connectivity index is 3.10. The number of ether oxygens (including phenoxy) is 2. The SMILES string of the molecule is CCOC(=O)c1oc(C)c(C(C)=O)c1CCOC(C)=O. The van der Waals surface area contributed by atoms with E-state index in [1.165, 1.54) is 13.8 Å². The van der Waals surface area contributed by atoms with Gasteiger partial charge in [-0.3, -0.25) is 9.59 Å². The summed E-state index contributed by atoms with van der Waals surface area (Å²) < 4.78 is 15.1. The van der Waals surface area contributed by atoms with Gasteiger partial charge in [0.15, 0.2) is 5.78 Å². The van der Waals surface area contributed by atoms with Gasteiger partial charge in [-0.2, -0.15) is 0 Å². The number of aryl methyl sites for hydroxylation is 1. The first-order valence-corrected chi connectivity index (χ1v) is 6.32. The predicted octanol–water partition coefficient (Wildman–Crippen LogP) is 2.07. The molecular formula is C14H18O6. The number of furan rings is 1. The summed E-state index contributed by atoms with van der Waals surface area (Å²) in [6.07, 6.45) is 0.222. The van der Waals surface area contributed by atoms with Crippen molar-refractivity contribution in [3.8, 4) is 0 Å². The first kappa shape index (κ1) is 15.9. The smallest absolute Gasteiger partial charge is 0.374 e. The number of carbonyl (C=O) groups excluding carboxylic acids is 3. The van der Waals surface area contributed by atoms with Gasteiger partial charge >= 0.3 is 11.9 Å². The molecule has 110 valence electrons. The van der Waals surface area contributed by atoms with Crippen molar-refractivity contribution in [1.29, 1.82) is 0 Å². The lowest BCUT2D eigenvalue weighted by molar-refractivity contribution is -0.140. The number of rotatable bonds is 6. The molecule has 20 heavy (non-hydrogen) atoms. The first-order chi connectivity index (χ1) is 9.38. The van der Waals surface area contributed by atoms with E-state index in [4.69, 9.17) is 13.9 Å².